The van der Waals surface area contributed by atoms with Gasteiger partial charge in [-0.3, -0.25) is 0 Å². The highest BCUT2D eigenvalue weighted by Crippen LogP contribution is 2.32. The molecule has 1 aliphatic carbocycles. The van der Waals surface area contributed by atoms with E-state index >= 15 is 0 Å². The lowest BCUT2D eigenvalue weighted by Crippen LogP contribution is -2.16. The summed E-state index contributed by atoms with van der Waals surface area (Å²) in [5.41, 5.74) is 6.31. The van der Waals surface area contributed by atoms with Crippen LogP contribution in [0.1, 0.15) is 30.9 Å². The Kier molecular flexibility index (Phi) is 6.65. The van der Waals surface area contributed by atoms with Crippen molar-refractivity contribution in [3.8, 4) is 0 Å². The molecule has 0 radical (unpaired) electrons. The predicted molar refractivity (Wildman–Crippen MR) is 120 cm³/mol. The van der Waals surface area contributed by atoms with Crippen LogP contribution in [0.2, 0.25) is 0 Å². The quantitative estimate of drug-likeness (QED) is 0.504. The average molecular weight is 354 g/mol. The number of rotatable bonds is 6. The van der Waals surface area contributed by atoms with Gasteiger partial charge in [0.25, 0.3) is 0 Å². The number of benzene rings is 2. The number of allylic oxidation sites excluding steroid dienone is 8. The topological polar surface area (TPSA) is 3.24 Å². The largest absolute Gasteiger partial charge is 0.344 e. The minimum Gasteiger partial charge on any atom is -0.344 e. The molecule has 0 saturated heterocycles. The first-order valence-corrected chi connectivity index (χ1v) is 9.54. The van der Waals surface area contributed by atoms with Crippen LogP contribution < -0.4 is 4.90 Å². The van der Waals surface area contributed by atoms with Gasteiger partial charge in [0, 0.05) is 24.0 Å². The van der Waals surface area contributed by atoms with Crippen molar-refractivity contribution in [2.45, 2.75) is 19.8 Å². The zero-order valence-electron chi connectivity index (χ0n) is 16.2. The second-order valence-corrected chi connectivity index (χ2v) is 6.60. The molecule has 1 heteroatoms. The minimum atomic E-state index is 1.10. The molecule has 0 fully saturated rings. The standard InChI is InChI=1S/C26H27N/c1-3-13-24(19-12-16-22-14-6-4-7-15-22)27(2)26-21-11-10-20-25(26)23-17-8-5-9-18-23/h3-8,10-17,19-21H,9,18H2,1-2H3/b13-3-,16-12+,24-19+. The highest BCUT2D eigenvalue weighted by molar-refractivity contribution is 5.79. The Morgan fingerprint density at radius 1 is 1.00 bits per heavy atom. The first-order chi connectivity index (χ1) is 13.3. The molecule has 1 nitrogen and oxygen atoms in total. The Morgan fingerprint density at radius 2 is 1.78 bits per heavy atom. The Balaban J connectivity index is 1.91. The van der Waals surface area contributed by atoms with Crippen molar-refractivity contribution in [2.24, 2.45) is 0 Å². The molecule has 0 aliphatic heterocycles. The van der Waals surface area contributed by atoms with Crippen LogP contribution in [-0.2, 0) is 0 Å². The molecular weight excluding hydrogens is 326 g/mol. The highest BCUT2D eigenvalue weighted by atomic mass is 15.1. The zero-order chi connectivity index (χ0) is 18.9. The fraction of sp³-hybridized carbons (Fsp3) is 0.154. The first-order valence-electron chi connectivity index (χ1n) is 9.54. The van der Waals surface area contributed by atoms with E-state index < -0.39 is 0 Å². The third-order valence-corrected chi connectivity index (χ3v) is 4.71. The van der Waals surface area contributed by atoms with Gasteiger partial charge in [-0.25, -0.2) is 0 Å². The van der Waals surface area contributed by atoms with Gasteiger partial charge in [-0.15, -0.1) is 0 Å². The number of anilines is 1. The highest BCUT2D eigenvalue weighted by Gasteiger charge is 2.13. The minimum absolute atomic E-state index is 1.10. The van der Waals surface area contributed by atoms with E-state index in [1.54, 1.807) is 0 Å². The maximum Gasteiger partial charge on any atom is 0.0484 e. The Hall–Kier alpha value is -3.06. The van der Waals surface area contributed by atoms with Gasteiger partial charge in [0.15, 0.2) is 0 Å². The van der Waals surface area contributed by atoms with Crippen molar-refractivity contribution in [3.05, 3.63) is 114 Å². The molecular formula is C26H27N. The summed E-state index contributed by atoms with van der Waals surface area (Å²) in [5, 5.41) is 0. The van der Waals surface area contributed by atoms with Gasteiger partial charge in [-0.2, -0.15) is 0 Å². The van der Waals surface area contributed by atoms with Crippen LogP contribution in [0.4, 0.5) is 5.69 Å². The Labute approximate surface area is 163 Å². The summed E-state index contributed by atoms with van der Waals surface area (Å²) in [7, 11) is 2.14. The third-order valence-electron chi connectivity index (χ3n) is 4.71. The number of likely N-dealkylation sites (N-methyl/N-ethyl adjacent to an activating group) is 1. The third kappa shape index (κ3) is 4.98. The summed E-state index contributed by atoms with van der Waals surface area (Å²) < 4.78 is 0. The molecule has 0 saturated carbocycles. The molecule has 2 aromatic carbocycles. The SMILES string of the molecule is C\C=C/C(=C\C=C\c1ccccc1)N(C)c1ccccc1C1=CC=CCC1. The average Bonchev–Trinajstić information content (AvgIpc) is 2.74. The molecule has 0 unspecified atom stereocenters. The Bertz CT molecular complexity index is 895. The summed E-state index contributed by atoms with van der Waals surface area (Å²) >= 11 is 0. The van der Waals surface area contributed by atoms with Crippen molar-refractivity contribution < 1.29 is 0 Å². The zero-order valence-corrected chi connectivity index (χ0v) is 16.2. The van der Waals surface area contributed by atoms with E-state index in [-0.39, 0.29) is 0 Å². The van der Waals surface area contributed by atoms with Crippen molar-refractivity contribution in [1.29, 1.82) is 0 Å². The molecule has 0 amide bonds. The number of para-hydroxylation sites is 1. The number of hydrogen-bond acceptors (Lipinski definition) is 1. The van der Waals surface area contributed by atoms with Crippen LogP contribution in [-0.4, -0.2) is 7.05 Å². The van der Waals surface area contributed by atoms with E-state index in [1.807, 2.05) is 6.07 Å². The molecule has 0 bridgehead atoms. The summed E-state index contributed by atoms with van der Waals surface area (Å²) in [4.78, 5) is 2.27. The van der Waals surface area contributed by atoms with E-state index in [0.29, 0.717) is 0 Å². The molecule has 136 valence electrons. The molecule has 1 aliphatic rings. The van der Waals surface area contributed by atoms with Crippen molar-refractivity contribution in [3.63, 3.8) is 0 Å². The van der Waals surface area contributed by atoms with Crippen LogP contribution >= 0.6 is 0 Å². The van der Waals surface area contributed by atoms with E-state index in [4.69, 9.17) is 0 Å². The van der Waals surface area contributed by atoms with Gasteiger partial charge in [0.05, 0.1) is 0 Å². The van der Waals surface area contributed by atoms with E-state index in [0.717, 1.165) is 18.5 Å². The normalized spacial score (nSPS) is 14.7. The van der Waals surface area contributed by atoms with Crippen molar-refractivity contribution >= 4 is 17.3 Å². The van der Waals surface area contributed by atoms with Crippen LogP contribution in [0.15, 0.2) is 103 Å². The molecule has 3 rings (SSSR count). The summed E-state index contributed by atoms with van der Waals surface area (Å²) in [6, 6.07) is 19.1. The van der Waals surface area contributed by atoms with Gasteiger partial charge < -0.3 is 4.90 Å². The molecule has 0 spiro atoms. The maximum atomic E-state index is 2.27. The number of hydrogen-bond donors (Lipinski definition) is 0. The van der Waals surface area contributed by atoms with Crippen molar-refractivity contribution in [2.75, 3.05) is 11.9 Å². The fourth-order valence-electron chi connectivity index (χ4n) is 3.28. The van der Waals surface area contributed by atoms with Gasteiger partial charge in [0.2, 0.25) is 0 Å². The lowest BCUT2D eigenvalue weighted by atomic mass is 9.95. The number of nitrogens with zero attached hydrogens (tertiary/aromatic N) is 1. The van der Waals surface area contributed by atoms with Crippen LogP contribution in [0.25, 0.3) is 11.6 Å². The molecule has 0 heterocycles. The predicted octanol–water partition coefficient (Wildman–Crippen LogP) is 7.03. The van der Waals surface area contributed by atoms with Crippen LogP contribution in [0.3, 0.4) is 0 Å². The van der Waals surface area contributed by atoms with Gasteiger partial charge in [-0.1, -0.05) is 85.0 Å². The second-order valence-electron chi connectivity index (χ2n) is 6.60. The maximum absolute atomic E-state index is 2.27. The van der Waals surface area contributed by atoms with Gasteiger partial charge in [-0.05, 0) is 49.1 Å². The monoisotopic (exact) mass is 353 g/mol. The summed E-state index contributed by atoms with van der Waals surface area (Å²) in [6.07, 6.45) is 19.5. The van der Waals surface area contributed by atoms with Crippen LogP contribution in [0.5, 0.6) is 0 Å². The lowest BCUT2D eigenvalue weighted by Gasteiger charge is -2.25. The lowest BCUT2D eigenvalue weighted by molar-refractivity contribution is 1.05. The first kappa shape index (κ1) is 18.7. The van der Waals surface area contributed by atoms with E-state index in [2.05, 4.69) is 116 Å². The molecule has 27 heavy (non-hydrogen) atoms. The summed E-state index contributed by atoms with van der Waals surface area (Å²) in [6.45, 7) is 2.06. The van der Waals surface area contributed by atoms with Crippen LogP contribution in [0, 0.1) is 0 Å². The van der Waals surface area contributed by atoms with Crippen molar-refractivity contribution in [1.82, 2.24) is 0 Å². The molecule has 2 aromatic rings. The summed E-state index contributed by atoms with van der Waals surface area (Å²) in [5.74, 6) is 0. The van der Waals surface area contributed by atoms with E-state index in [9.17, 15) is 0 Å². The fourth-order valence-corrected chi connectivity index (χ4v) is 3.28. The molecule has 0 N–H and O–H groups in total. The van der Waals surface area contributed by atoms with E-state index in [1.165, 1.54) is 22.4 Å². The second kappa shape index (κ2) is 9.59. The van der Waals surface area contributed by atoms with Gasteiger partial charge in [0.1, 0.15) is 0 Å². The smallest absolute Gasteiger partial charge is 0.0484 e. The molecule has 0 atom stereocenters. The Morgan fingerprint density at radius 3 is 2.52 bits per heavy atom. The molecule has 0 aromatic heterocycles. The van der Waals surface area contributed by atoms with Gasteiger partial charge >= 0.3 is 0 Å².